The highest BCUT2D eigenvalue weighted by molar-refractivity contribution is 8.00. The number of anilines is 1. The molecular formula is C26H20FN3O6S2. The summed E-state index contributed by atoms with van der Waals surface area (Å²) in [7, 11) is 2.95. The normalized spacial score (nSPS) is 15.3. The highest BCUT2D eigenvalue weighted by Crippen LogP contribution is 2.45. The van der Waals surface area contributed by atoms with E-state index in [1.165, 1.54) is 55.3 Å². The summed E-state index contributed by atoms with van der Waals surface area (Å²) in [6.07, 6.45) is 1.33. The van der Waals surface area contributed by atoms with Crippen LogP contribution in [0.25, 0.3) is 0 Å². The number of halogens is 1. The Bertz CT molecular complexity index is 1540. The first-order valence-electron chi connectivity index (χ1n) is 11.2. The van der Waals surface area contributed by atoms with Gasteiger partial charge < -0.3 is 19.0 Å². The molecule has 1 aliphatic rings. The topological polar surface area (TPSA) is 115 Å². The molecule has 0 fully saturated rings. The van der Waals surface area contributed by atoms with Gasteiger partial charge in [0.1, 0.15) is 5.82 Å². The molecule has 194 valence electrons. The van der Waals surface area contributed by atoms with Crippen LogP contribution < -0.4 is 14.4 Å². The van der Waals surface area contributed by atoms with Gasteiger partial charge in [0.2, 0.25) is 10.9 Å². The number of aromatic nitrogens is 2. The minimum Gasteiger partial charge on any atom is -0.503 e. The van der Waals surface area contributed by atoms with Gasteiger partial charge >= 0.3 is 0 Å². The van der Waals surface area contributed by atoms with Gasteiger partial charge in [-0.15, -0.1) is 10.2 Å². The van der Waals surface area contributed by atoms with Crippen molar-refractivity contribution in [3.05, 3.63) is 94.9 Å². The molecule has 0 aliphatic carbocycles. The molecule has 0 bridgehead atoms. The number of rotatable bonds is 9. The third kappa shape index (κ3) is 4.63. The van der Waals surface area contributed by atoms with Crippen molar-refractivity contribution in [1.29, 1.82) is 0 Å². The Morgan fingerprint density at radius 3 is 2.63 bits per heavy atom. The van der Waals surface area contributed by atoms with Crippen molar-refractivity contribution in [2.24, 2.45) is 0 Å². The lowest BCUT2D eigenvalue weighted by molar-refractivity contribution is -0.117. The van der Waals surface area contributed by atoms with E-state index in [4.69, 9.17) is 13.9 Å². The van der Waals surface area contributed by atoms with Gasteiger partial charge in [-0.1, -0.05) is 47.4 Å². The number of methoxy groups -OCH3 is 2. The van der Waals surface area contributed by atoms with Gasteiger partial charge in [0.15, 0.2) is 27.4 Å². The zero-order valence-electron chi connectivity index (χ0n) is 20.1. The largest absolute Gasteiger partial charge is 0.503 e. The lowest BCUT2D eigenvalue weighted by Crippen LogP contribution is -2.31. The third-order valence-corrected chi connectivity index (χ3v) is 7.94. The number of ketones is 1. The van der Waals surface area contributed by atoms with E-state index >= 15 is 0 Å². The van der Waals surface area contributed by atoms with Crippen LogP contribution in [0.4, 0.5) is 9.52 Å². The lowest BCUT2D eigenvalue weighted by atomic mass is 9.95. The fourth-order valence-electron chi connectivity index (χ4n) is 4.03. The molecule has 38 heavy (non-hydrogen) atoms. The number of amides is 1. The van der Waals surface area contributed by atoms with Crippen LogP contribution in [0.5, 0.6) is 11.5 Å². The quantitative estimate of drug-likeness (QED) is 0.166. The minimum absolute atomic E-state index is 0.0370. The summed E-state index contributed by atoms with van der Waals surface area (Å²) < 4.78 is 30.5. The van der Waals surface area contributed by atoms with Crippen LogP contribution in [0.2, 0.25) is 0 Å². The Kier molecular flexibility index (Phi) is 7.16. The van der Waals surface area contributed by atoms with Crippen molar-refractivity contribution in [3.8, 4) is 11.5 Å². The molecule has 0 saturated carbocycles. The fourth-order valence-corrected chi connectivity index (χ4v) is 5.88. The van der Waals surface area contributed by atoms with Crippen molar-refractivity contribution < 1.29 is 33.0 Å². The summed E-state index contributed by atoms with van der Waals surface area (Å²) in [6, 6.07) is 13.3. The number of carbonyl (C=O) groups excluding carboxylic acids is 2. The second-order valence-corrected chi connectivity index (χ2v) is 10.2. The van der Waals surface area contributed by atoms with Crippen molar-refractivity contribution in [1.82, 2.24) is 10.2 Å². The molecule has 4 aromatic rings. The number of thioether (sulfide) groups is 1. The molecule has 5 rings (SSSR count). The number of furan rings is 1. The second-order valence-electron chi connectivity index (χ2n) is 7.99. The molecule has 0 radical (unpaired) electrons. The molecule has 12 heteroatoms. The highest BCUT2D eigenvalue weighted by atomic mass is 32.2. The summed E-state index contributed by atoms with van der Waals surface area (Å²) in [5, 5.41) is 19.3. The smallest absolute Gasteiger partial charge is 0.296 e. The lowest BCUT2D eigenvalue weighted by Gasteiger charge is -2.24. The van der Waals surface area contributed by atoms with Crippen LogP contribution >= 0.6 is 23.1 Å². The van der Waals surface area contributed by atoms with Gasteiger partial charge in [0.05, 0.1) is 32.1 Å². The number of aliphatic hydroxyl groups excluding tert-OH is 1. The van der Waals surface area contributed by atoms with E-state index in [2.05, 4.69) is 10.2 Å². The van der Waals surface area contributed by atoms with Crippen molar-refractivity contribution >= 4 is 39.9 Å². The van der Waals surface area contributed by atoms with Gasteiger partial charge in [-0.3, -0.25) is 14.5 Å². The summed E-state index contributed by atoms with van der Waals surface area (Å²) in [5.41, 5.74) is 0.791. The standard InChI is InChI=1S/C26H20FN3O6S2/c1-34-17-10-9-14(12-19(17)35-2)21-20(22(31)18-8-5-11-36-18)23(32)24(33)30(21)25-28-29-26(38-25)37-13-15-6-3-4-7-16(15)27/h3-12,21,32H,13H2,1-2H3. The van der Waals surface area contributed by atoms with Crippen LogP contribution in [0.1, 0.15) is 27.7 Å². The first kappa shape index (κ1) is 25.5. The Morgan fingerprint density at radius 1 is 1.13 bits per heavy atom. The van der Waals surface area contributed by atoms with E-state index in [1.54, 1.807) is 36.4 Å². The van der Waals surface area contributed by atoms with Gasteiger partial charge in [-0.05, 0) is 41.5 Å². The monoisotopic (exact) mass is 553 g/mol. The molecule has 2 aromatic heterocycles. The number of carbonyl (C=O) groups is 2. The first-order valence-corrected chi connectivity index (χ1v) is 13.0. The van der Waals surface area contributed by atoms with Crippen molar-refractivity contribution in [2.75, 3.05) is 19.1 Å². The Labute approximate surface area is 224 Å². The molecular weight excluding hydrogens is 533 g/mol. The molecule has 2 aromatic carbocycles. The molecule has 3 heterocycles. The summed E-state index contributed by atoms with van der Waals surface area (Å²) in [4.78, 5) is 27.9. The fraction of sp³-hybridized carbons (Fsp3) is 0.154. The SMILES string of the molecule is COc1ccc(C2C(C(=O)c3ccco3)=C(O)C(=O)N2c2nnc(SCc3ccccc3F)s2)cc1OC. The molecule has 0 saturated heterocycles. The number of aliphatic hydroxyl groups is 1. The first-order chi connectivity index (χ1) is 18.4. The van der Waals surface area contributed by atoms with Crippen LogP contribution in [0.3, 0.4) is 0 Å². The van der Waals surface area contributed by atoms with E-state index in [0.717, 1.165) is 11.3 Å². The molecule has 0 spiro atoms. The van der Waals surface area contributed by atoms with E-state index in [-0.39, 0.29) is 22.3 Å². The van der Waals surface area contributed by atoms with Crippen LogP contribution in [0.15, 0.2) is 80.9 Å². The van der Waals surface area contributed by atoms with E-state index in [9.17, 15) is 19.1 Å². The van der Waals surface area contributed by atoms with E-state index < -0.39 is 23.5 Å². The van der Waals surface area contributed by atoms with Gasteiger partial charge in [-0.2, -0.15) is 0 Å². The molecule has 1 unspecified atom stereocenters. The third-order valence-electron chi connectivity index (χ3n) is 5.83. The Balaban J connectivity index is 1.53. The minimum atomic E-state index is -1.06. The zero-order valence-corrected chi connectivity index (χ0v) is 21.7. The summed E-state index contributed by atoms with van der Waals surface area (Å²) >= 11 is 2.34. The maximum Gasteiger partial charge on any atom is 0.296 e. The van der Waals surface area contributed by atoms with E-state index in [0.29, 0.717) is 32.7 Å². The van der Waals surface area contributed by atoms with Crippen molar-refractivity contribution in [2.45, 2.75) is 16.1 Å². The van der Waals surface area contributed by atoms with Gasteiger partial charge in [0, 0.05) is 5.75 Å². The molecule has 1 N–H and O–H groups in total. The number of Topliss-reactive ketones (excluding diaryl/α,β-unsaturated/α-hetero) is 1. The number of benzene rings is 2. The molecule has 9 nitrogen and oxygen atoms in total. The Morgan fingerprint density at radius 2 is 1.92 bits per heavy atom. The number of hydrogen-bond donors (Lipinski definition) is 1. The zero-order chi connectivity index (χ0) is 26.8. The van der Waals surface area contributed by atoms with Crippen LogP contribution in [-0.2, 0) is 10.5 Å². The van der Waals surface area contributed by atoms with E-state index in [1.807, 2.05) is 0 Å². The molecule has 1 aliphatic heterocycles. The summed E-state index contributed by atoms with van der Waals surface area (Å²) in [5.74, 6) is -1.44. The average Bonchev–Trinajstić information content (AvgIpc) is 3.68. The van der Waals surface area contributed by atoms with Crippen molar-refractivity contribution in [3.63, 3.8) is 0 Å². The maximum atomic E-state index is 14.0. The number of ether oxygens (including phenoxy) is 2. The van der Waals surface area contributed by atoms with Crippen LogP contribution in [0, 0.1) is 5.82 Å². The number of nitrogens with zero attached hydrogens (tertiary/aromatic N) is 3. The number of hydrogen-bond acceptors (Lipinski definition) is 10. The molecule has 1 atom stereocenters. The van der Waals surface area contributed by atoms with Crippen LogP contribution in [-0.4, -0.2) is 41.2 Å². The van der Waals surface area contributed by atoms with Gasteiger partial charge in [0.25, 0.3) is 5.91 Å². The summed E-state index contributed by atoms with van der Waals surface area (Å²) in [6.45, 7) is 0. The highest BCUT2D eigenvalue weighted by Gasteiger charge is 2.47. The second kappa shape index (κ2) is 10.7. The average molecular weight is 554 g/mol. The predicted octanol–water partition coefficient (Wildman–Crippen LogP) is 5.36. The maximum absolute atomic E-state index is 14.0. The molecule has 1 amide bonds. The Hall–Kier alpha value is -4.16. The van der Waals surface area contributed by atoms with Gasteiger partial charge in [-0.25, -0.2) is 4.39 Å². The predicted molar refractivity (Wildman–Crippen MR) is 138 cm³/mol.